The summed E-state index contributed by atoms with van der Waals surface area (Å²) in [5, 5.41) is 0. The molecule has 11 rings (SSSR count). The van der Waals surface area contributed by atoms with Crippen LogP contribution in [0.3, 0.4) is 0 Å². The number of hydrogen-bond donors (Lipinski definition) is 0. The quantitative estimate of drug-likeness (QED) is 0.161. The van der Waals surface area contributed by atoms with Crippen molar-refractivity contribution in [3.63, 3.8) is 0 Å². The first-order chi connectivity index (χ1) is 28.3. The van der Waals surface area contributed by atoms with Crippen molar-refractivity contribution in [1.29, 1.82) is 0 Å². The maximum atomic E-state index is 2.51. The summed E-state index contributed by atoms with van der Waals surface area (Å²) in [5.41, 5.74) is 16.8. The molecule has 8 aromatic rings. The van der Waals surface area contributed by atoms with Crippen LogP contribution < -0.4 is 9.80 Å². The molecule has 0 bridgehead atoms. The van der Waals surface area contributed by atoms with Gasteiger partial charge in [-0.2, -0.15) is 0 Å². The molecule has 0 saturated heterocycles. The van der Waals surface area contributed by atoms with Gasteiger partial charge in [0.2, 0.25) is 0 Å². The van der Waals surface area contributed by atoms with Crippen LogP contribution in [0.5, 0.6) is 0 Å². The highest BCUT2D eigenvalue weighted by molar-refractivity contribution is 5.97. The van der Waals surface area contributed by atoms with Crippen LogP contribution in [0.4, 0.5) is 28.4 Å². The molecule has 8 aromatic carbocycles. The van der Waals surface area contributed by atoms with E-state index in [1.54, 1.807) is 0 Å². The third-order valence-corrected chi connectivity index (χ3v) is 12.3. The van der Waals surface area contributed by atoms with Crippen LogP contribution in [-0.2, 0) is 5.41 Å². The highest BCUT2D eigenvalue weighted by atomic mass is 15.2. The van der Waals surface area contributed by atoms with Gasteiger partial charge in [-0.15, -0.1) is 0 Å². The van der Waals surface area contributed by atoms with Gasteiger partial charge in [-0.3, -0.25) is 0 Å². The third kappa shape index (κ3) is 5.18. The number of para-hydroxylation sites is 3. The first kappa shape index (κ1) is 33.2. The number of rotatable bonds is 7. The van der Waals surface area contributed by atoms with Crippen molar-refractivity contribution >= 4 is 28.4 Å². The molecule has 2 unspecified atom stereocenters. The predicted octanol–water partition coefficient (Wildman–Crippen LogP) is 13.9. The van der Waals surface area contributed by atoms with E-state index in [1.165, 1.54) is 61.4 Å². The lowest BCUT2D eigenvalue weighted by molar-refractivity contribution is 0.745. The molecule has 2 atom stereocenters. The number of allylic oxidation sites excluding steroid dienone is 2. The van der Waals surface area contributed by atoms with Crippen molar-refractivity contribution in [2.75, 3.05) is 9.80 Å². The van der Waals surface area contributed by atoms with Crippen LogP contribution >= 0.6 is 0 Å². The summed E-state index contributed by atoms with van der Waals surface area (Å²) in [6.07, 6.45) is 9.07. The average molecular weight is 729 g/mol. The molecule has 0 spiro atoms. The summed E-state index contributed by atoms with van der Waals surface area (Å²) >= 11 is 0. The first-order valence-corrected chi connectivity index (χ1v) is 19.9. The van der Waals surface area contributed by atoms with Gasteiger partial charge < -0.3 is 9.80 Å². The molecular weight excluding hydrogens is 689 g/mol. The maximum Gasteiger partial charge on any atom is 0.0714 e. The molecule has 0 aromatic heterocycles. The van der Waals surface area contributed by atoms with E-state index < -0.39 is 5.41 Å². The molecule has 3 aliphatic rings. The summed E-state index contributed by atoms with van der Waals surface area (Å²) in [5.74, 6) is 0.355. The molecule has 0 radical (unpaired) electrons. The second-order valence-corrected chi connectivity index (χ2v) is 15.2. The fourth-order valence-corrected chi connectivity index (χ4v) is 9.90. The molecule has 0 amide bonds. The van der Waals surface area contributed by atoms with Crippen molar-refractivity contribution < 1.29 is 0 Å². The molecule has 57 heavy (non-hydrogen) atoms. The molecule has 2 aliphatic carbocycles. The van der Waals surface area contributed by atoms with E-state index >= 15 is 0 Å². The highest BCUT2D eigenvalue weighted by Gasteiger charge is 2.47. The van der Waals surface area contributed by atoms with E-state index in [2.05, 4.69) is 240 Å². The van der Waals surface area contributed by atoms with E-state index in [0.717, 1.165) is 17.1 Å². The smallest absolute Gasteiger partial charge is 0.0714 e. The fraction of sp³-hybridized carbons (Fsp3) is 0.0545. The SMILES string of the molecule is C1=CC2c3ccccc3N(c3ccc(-c4cccc5c4-c4ccc(N(c6ccccc6)c6ccccc6)cc4C5(c4ccccc4)c4ccccc4)cc3)C2C=C1. The Morgan fingerprint density at radius 1 is 0.439 bits per heavy atom. The Morgan fingerprint density at radius 2 is 1.04 bits per heavy atom. The molecular formula is C55H40N2. The summed E-state index contributed by atoms with van der Waals surface area (Å²) in [4.78, 5) is 4.89. The van der Waals surface area contributed by atoms with Crippen LogP contribution in [0.25, 0.3) is 22.3 Å². The summed E-state index contributed by atoms with van der Waals surface area (Å²) < 4.78 is 0. The van der Waals surface area contributed by atoms with Crippen molar-refractivity contribution in [3.8, 4) is 22.3 Å². The Morgan fingerprint density at radius 3 is 1.70 bits per heavy atom. The van der Waals surface area contributed by atoms with Crippen LogP contribution in [0.2, 0.25) is 0 Å². The second kappa shape index (κ2) is 13.5. The van der Waals surface area contributed by atoms with Gasteiger partial charge in [-0.05, 0) is 105 Å². The zero-order chi connectivity index (χ0) is 37.8. The fourth-order valence-electron chi connectivity index (χ4n) is 9.90. The molecule has 2 heteroatoms. The molecule has 1 heterocycles. The van der Waals surface area contributed by atoms with Crippen molar-refractivity contribution in [2.24, 2.45) is 0 Å². The van der Waals surface area contributed by atoms with Gasteiger partial charge in [-0.1, -0.05) is 176 Å². The zero-order valence-electron chi connectivity index (χ0n) is 31.5. The maximum absolute atomic E-state index is 2.51. The number of nitrogens with zero attached hydrogens (tertiary/aromatic N) is 2. The summed E-state index contributed by atoms with van der Waals surface area (Å²) in [7, 11) is 0. The molecule has 0 N–H and O–H groups in total. The van der Waals surface area contributed by atoms with Gasteiger partial charge in [-0.25, -0.2) is 0 Å². The van der Waals surface area contributed by atoms with E-state index in [0.29, 0.717) is 5.92 Å². The second-order valence-electron chi connectivity index (χ2n) is 15.2. The van der Waals surface area contributed by atoms with Crippen molar-refractivity contribution in [3.05, 3.63) is 258 Å². The Balaban J connectivity index is 1.12. The van der Waals surface area contributed by atoms with Crippen LogP contribution in [0, 0.1) is 0 Å². The van der Waals surface area contributed by atoms with Gasteiger partial charge in [0.25, 0.3) is 0 Å². The van der Waals surface area contributed by atoms with E-state index in [1.807, 2.05) is 0 Å². The number of anilines is 5. The van der Waals surface area contributed by atoms with E-state index in [-0.39, 0.29) is 6.04 Å². The lowest BCUT2D eigenvalue weighted by Gasteiger charge is -2.35. The Kier molecular flexibility index (Phi) is 7.89. The van der Waals surface area contributed by atoms with E-state index in [4.69, 9.17) is 0 Å². The molecule has 270 valence electrons. The summed E-state index contributed by atoms with van der Waals surface area (Å²) in [6, 6.07) is 76.1. The van der Waals surface area contributed by atoms with Crippen LogP contribution in [-0.4, -0.2) is 6.04 Å². The van der Waals surface area contributed by atoms with Gasteiger partial charge >= 0.3 is 0 Å². The van der Waals surface area contributed by atoms with Crippen LogP contribution in [0.1, 0.15) is 33.7 Å². The largest absolute Gasteiger partial charge is 0.333 e. The predicted molar refractivity (Wildman–Crippen MR) is 237 cm³/mol. The average Bonchev–Trinajstić information content (AvgIpc) is 3.79. The number of benzene rings is 8. The topological polar surface area (TPSA) is 6.48 Å². The zero-order valence-corrected chi connectivity index (χ0v) is 31.5. The monoisotopic (exact) mass is 728 g/mol. The third-order valence-electron chi connectivity index (χ3n) is 12.3. The summed E-state index contributed by atoms with van der Waals surface area (Å²) in [6.45, 7) is 0. The van der Waals surface area contributed by atoms with Gasteiger partial charge in [0, 0.05) is 34.4 Å². The van der Waals surface area contributed by atoms with Gasteiger partial charge in [0.1, 0.15) is 0 Å². The molecule has 0 fully saturated rings. The number of hydrogen-bond acceptors (Lipinski definition) is 2. The minimum Gasteiger partial charge on any atom is -0.333 e. The minimum atomic E-state index is -0.548. The highest BCUT2D eigenvalue weighted by Crippen LogP contribution is 2.59. The van der Waals surface area contributed by atoms with Crippen LogP contribution in [0.15, 0.2) is 231 Å². The van der Waals surface area contributed by atoms with Gasteiger partial charge in [0.15, 0.2) is 0 Å². The van der Waals surface area contributed by atoms with E-state index in [9.17, 15) is 0 Å². The Labute approximate surface area is 335 Å². The standard InChI is InChI=1S/C55H40N2/c1-5-18-40(19-6-1)55(41-20-7-2-8-21-41)50-29-17-28-46(39-32-34-44(35-33-39)57-52-30-15-13-26-47(52)48-27-14-16-31-53(48)57)54(50)49-37-36-45(38-51(49)55)56(42-22-9-3-10-23-42)43-24-11-4-12-25-43/h1-38,47,52H. The van der Waals surface area contributed by atoms with Gasteiger partial charge in [0.05, 0.1) is 11.5 Å². The van der Waals surface area contributed by atoms with Crippen molar-refractivity contribution in [2.45, 2.75) is 17.4 Å². The molecule has 0 saturated carbocycles. The lowest BCUT2D eigenvalue weighted by atomic mass is 9.67. The molecule has 1 aliphatic heterocycles. The molecule has 2 nitrogen and oxygen atoms in total. The lowest BCUT2D eigenvalue weighted by Crippen LogP contribution is -2.28. The Hall–Kier alpha value is -7.16. The van der Waals surface area contributed by atoms with Crippen molar-refractivity contribution in [1.82, 2.24) is 0 Å². The first-order valence-electron chi connectivity index (χ1n) is 19.9. The normalized spacial score (nSPS) is 16.7. The minimum absolute atomic E-state index is 0.268. The number of fused-ring (bicyclic) bond motifs is 6. The Bertz CT molecular complexity index is 2710.